The summed E-state index contributed by atoms with van der Waals surface area (Å²) in [6, 6.07) is 18.1. The molecule has 0 bridgehead atoms. The summed E-state index contributed by atoms with van der Waals surface area (Å²) in [5.41, 5.74) is 1.98. The van der Waals surface area contributed by atoms with Gasteiger partial charge in [0.05, 0.1) is 12.5 Å². The van der Waals surface area contributed by atoms with Crippen molar-refractivity contribution in [1.29, 1.82) is 0 Å². The van der Waals surface area contributed by atoms with E-state index in [1.165, 1.54) is 5.56 Å². The number of rotatable bonds is 4. The molecule has 0 heterocycles. The Bertz CT molecular complexity index is 574. The maximum absolute atomic E-state index is 11.6. The molecule has 0 saturated heterocycles. The summed E-state index contributed by atoms with van der Waals surface area (Å²) in [6.45, 7) is 0. The molecule has 0 N–H and O–H groups in total. The molecular formula is C17H16O2. The second kappa shape index (κ2) is 4.54. The molecule has 2 aromatic rings. The first-order chi connectivity index (χ1) is 9.30. The Morgan fingerprint density at radius 1 is 1.11 bits per heavy atom. The lowest BCUT2D eigenvalue weighted by Crippen LogP contribution is -2.11. The highest BCUT2D eigenvalue weighted by molar-refractivity contribution is 5.77. The summed E-state index contributed by atoms with van der Waals surface area (Å²) in [7, 11) is 1.65. The van der Waals surface area contributed by atoms with Crippen LogP contribution in [0.25, 0.3) is 0 Å². The van der Waals surface area contributed by atoms with Crippen molar-refractivity contribution < 1.29 is 9.53 Å². The molecule has 1 aliphatic carbocycles. The summed E-state index contributed by atoms with van der Waals surface area (Å²) in [5, 5.41) is 0. The topological polar surface area (TPSA) is 26.3 Å². The van der Waals surface area contributed by atoms with Gasteiger partial charge in [0.25, 0.3) is 0 Å². The van der Waals surface area contributed by atoms with E-state index in [-0.39, 0.29) is 5.41 Å². The van der Waals surface area contributed by atoms with Crippen LogP contribution in [0.4, 0.5) is 0 Å². The fourth-order valence-electron chi connectivity index (χ4n) is 2.80. The van der Waals surface area contributed by atoms with E-state index in [9.17, 15) is 4.79 Å². The van der Waals surface area contributed by atoms with E-state index in [1.807, 2.05) is 42.5 Å². The number of benzene rings is 2. The number of hydrogen-bond acceptors (Lipinski definition) is 2. The van der Waals surface area contributed by atoms with Gasteiger partial charge in [-0.3, -0.25) is 0 Å². The highest BCUT2D eigenvalue weighted by Gasteiger charge is 2.56. The molecule has 1 fully saturated rings. The number of aldehydes is 1. The van der Waals surface area contributed by atoms with Crippen LogP contribution in [0.3, 0.4) is 0 Å². The second-order valence-corrected chi connectivity index (χ2v) is 5.05. The van der Waals surface area contributed by atoms with Crippen LogP contribution in [0.5, 0.6) is 5.75 Å². The Balaban J connectivity index is 1.92. The Kier molecular flexibility index (Phi) is 2.86. The molecule has 19 heavy (non-hydrogen) atoms. The minimum Gasteiger partial charge on any atom is -0.497 e. The van der Waals surface area contributed by atoms with Crippen molar-refractivity contribution >= 4 is 6.29 Å². The molecule has 2 nitrogen and oxygen atoms in total. The van der Waals surface area contributed by atoms with E-state index in [0.29, 0.717) is 5.92 Å². The number of carbonyl (C=O) groups excluding carboxylic acids is 1. The molecular weight excluding hydrogens is 236 g/mol. The summed E-state index contributed by atoms with van der Waals surface area (Å²) in [5.74, 6) is 1.13. The monoisotopic (exact) mass is 252 g/mol. The van der Waals surface area contributed by atoms with E-state index >= 15 is 0 Å². The van der Waals surface area contributed by atoms with Crippen LogP contribution in [0.1, 0.15) is 23.5 Å². The van der Waals surface area contributed by atoms with Crippen molar-refractivity contribution in [2.24, 2.45) is 0 Å². The number of methoxy groups -OCH3 is 1. The molecule has 0 amide bonds. The third-order valence-corrected chi connectivity index (χ3v) is 4.04. The van der Waals surface area contributed by atoms with E-state index in [2.05, 4.69) is 12.1 Å². The first kappa shape index (κ1) is 12.0. The second-order valence-electron chi connectivity index (χ2n) is 5.05. The van der Waals surface area contributed by atoms with Crippen LogP contribution >= 0.6 is 0 Å². The van der Waals surface area contributed by atoms with Crippen LogP contribution in [0.2, 0.25) is 0 Å². The molecule has 0 radical (unpaired) electrons. The van der Waals surface area contributed by atoms with Gasteiger partial charge < -0.3 is 9.53 Å². The van der Waals surface area contributed by atoms with Crippen LogP contribution < -0.4 is 4.74 Å². The van der Waals surface area contributed by atoms with E-state index in [4.69, 9.17) is 4.74 Å². The van der Waals surface area contributed by atoms with Gasteiger partial charge in [-0.15, -0.1) is 0 Å². The zero-order valence-electron chi connectivity index (χ0n) is 10.9. The predicted molar refractivity (Wildman–Crippen MR) is 74.5 cm³/mol. The standard InChI is InChI=1S/C17H16O2/c1-19-15-9-7-14(8-10-15)17(12-18)11-16(17)13-5-3-2-4-6-13/h2-10,12,16H,11H2,1H3/t16-,17-/m1/s1. The smallest absolute Gasteiger partial charge is 0.131 e. The third kappa shape index (κ3) is 1.93. The molecule has 1 saturated carbocycles. The Morgan fingerprint density at radius 3 is 2.37 bits per heavy atom. The lowest BCUT2D eigenvalue weighted by molar-refractivity contribution is -0.110. The van der Waals surface area contributed by atoms with Gasteiger partial charge in [0.1, 0.15) is 12.0 Å². The lowest BCUT2D eigenvalue weighted by Gasteiger charge is -2.11. The molecule has 3 rings (SSSR count). The Labute approximate surface area is 113 Å². The molecule has 0 aromatic heterocycles. The van der Waals surface area contributed by atoms with Crippen molar-refractivity contribution in [3.63, 3.8) is 0 Å². The molecule has 1 aliphatic rings. The molecule has 96 valence electrons. The average molecular weight is 252 g/mol. The highest BCUT2D eigenvalue weighted by Crippen LogP contribution is 2.59. The average Bonchev–Trinajstić information content (AvgIpc) is 3.24. The van der Waals surface area contributed by atoms with Crippen molar-refractivity contribution in [2.45, 2.75) is 17.8 Å². The van der Waals surface area contributed by atoms with Crippen LogP contribution in [-0.2, 0) is 10.2 Å². The first-order valence-electron chi connectivity index (χ1n) is 6.46. The van der Waals surface area contributed by atoms with Gasteiger partial charge in [-0.25, -0.2) is 0 Å². The Hall–Kier alpha value is -2.09. The van der Waals surface area contributed by atoms with Crippen LogP contribution in [-0.4, -0.2) is 13.4 Å². The van der Waals surface area contributed by atoms with Gasteiger partial charge in [0.2, 0.25) is 0 Å². The quantitative estimate of drug-likeness (QED) is 0.780. The highest BCUT2D eigenvalue weighted by atomic mass is 16.5. The van der Waals surface area contributed by atoms with Gasteiger partial charge in [0, 0.05) is 5.92 Å². The van der Waals surface area contributed by atoms with Crippen molar-refractivity contribution in [3.05, 3.63) is 65.7 Å². The van der Waals surface area contributed by atoms with Crippen LogP contribution in [0, 0.1) is 0 Å². The number of carbonyl (C=O) groups is 1. The van der Waals surface area contributed by atoms with Crippen molar-refractivity contribution in [1.82, 2.24) is 0 Å². The van der Waals surface area contributed by atoms with Gasteiger partial charge >= 0.3 is 0 Å². The molecule has 2 aromatic carbocycles. The summed E-state index contributed by atoms with van der Waals surface area (Å²) >= 11 is 0. The fourth-order valence-corrected chi connectivity index (χ4v) is 2.80. The lowest BCUT2D eigenvalue weighted by atomic mass is 9.92. The molecule has 0 spiro atoms. The minimum absolute atomic E-state index is 0.305. The van der Waals surface area contributed by atoms with E-state index in [1.54, 1.807) is 7.11 Å². The van der Waals surface area contributed by atoms with Crippen LogP contribution in [0.15, 0.2) is 54.6 Å². The Morgan fingerprint density at radius 2 is 1.79 bits per heavy atom. The van der Waals surface area contributed by atoms with Gasteiger partial charge in [-0.05, 0) is 29.7 Å². The van der Waals surface area contributed by atoms with Crippen molar-refractivity contribution in [3.8, 4) is 5.75 Å². The maximum Gasteiger partial charge on any atom is 0.131 e. The van der Waals surface area contributed by atoms with Gasteiger partial charge in [0.15, 0.2) is 0 Å². The SMILES string of the molecule is COc1ccc([C@]2(C=O)C[C@@H]2c2ccccc2)cc1. The summed E-state index contributed by atoms with van der Waals surface area (Å²) < 4.78 is 5.16. The minimum atomic E-state index is -0.340. The normalized spacial score (nSPS) is 24.8. The zero-order chi connectivity index (χ0) is 13.3. The molecule has 2 heteroatoms. The van der Waals surface area contributed by atoms with Crippen molar-refractivity contribution in [2.75, 3.05) is 7.11 Å². The van der Waals surface area contributed by atoms with Gasteiger partial charge in [-0.2, -0.15) is 0 Å². The van der Waals surface area contributed by atoms with Gasteiger partial charge in [-0.1, -0.05) is 42.5 Å². The summed E-state index contributed by atoms with van der Waals surface area (Å²) in [6.07, 6.45) is 2.00. The summed E-state index contributed by atoms with van der Waals surface area (Å²) in [4.78, 5) is 11.6. The predicted octanol–water partition coefficient (Wildman–Crippen LogP) is 3.32. The van der Waals surface area contributed by atoms with E-state index in [0.717, 1.165) is 24.0 Å². The molecule has 0 aliphatic heterocycles. The van der Waals surface area contributed by atoms with E-state index < -0.39 is 0 Å². The molecule has 2 atom stereocenters. The number of ether oxygens (including phenoxy) is 1. The third-order valence-electron chi connectivity index (χ3n) is 4.04. The maximum atomic E-state index is 11.6. The fraction of sp³-hybridized carbons (Fsp3) is 0.235. The largest absolute Gasteiger partial charge is 0.497 e. The number of hydrogen-bond donors (Lipinski definition) is 0. The first-order valence-corrected chi connectivity index (χ1v) is 6.46. The molecule has 0 unspecified atom stereocenters. The zero-order valence-corrected chi connectivity index (χ0v) is 10.9.